The minimum atomic E-state index is -0.171. The Hall–Kier alpha value is -1.24. The van der Waals surface area contributed by atoms with E-state index in [1.54, 1.807) is 0 Å². The van der Waals surface area contributed by atoms with Crippen LogP contribution < -0.4 is 10.6 Å². The summed E-state index contributed by atoms with van der Waals surface area (Å²) in [5.74, 6) is -0.342. The van der Waals surface area contributed by atoms with Gasteiger partial charge in [-0.1, -0.05) is 26.7 Å². The molecule has 0 bridgehead atoms. The monoisotopic (exact) mass is 380 g/mol. The lowest BCUT2D eigenvalue weighted by Gasteiger charge is -2.26. The summed E-state index contributed by atoms with van der Waals surface area (Å²) < 4.78 is 0. The molecule has 0 atom stereocenters. The maximum atomic E-state index is 11.5. The first-order chi connectivity index (χ1) is 12.7. The largest absolute Gasteiger partial charge is 0.313 e. The van der Waals surface area contributed by atoms with Crippen LogP contribution in [0, 0.1) is 0 Å². The van der Waals surface area contributed by atoms with Gasteiger partial charge in [-0.15, -0.1) is 0 Å². The van der Waals surface area contributed by atoms with Gasteiger partial charge in [0.2, 0.25) is 0 Å². The van der Waals surface area contributed by atoms with Crippen molar-refractivity contribution < 1.29 is 9.59 Å². The van der Waals surface area contributed by atoms with Crippen molar-refractivity contribution in [1.29, 1.82) is 0 Å². The Labute approximate surface area is 165 Å². The van der Waals surface area contributed by atoms with Crippen molar-refractivity contribution in [3.8, 4) is 0 Å². The van der Waals surface area contributed by atoms with Crippen molar-refractivity contribution in [3.63, 3.8) is 0 Å². The second-order valence-corrected chi connectivity index (χ2v) is 8.70. The van der Waals surface area contributed by atoms with E-state index in [0.29, 0.717) is 12.6 Å². The molecule has 1 rings (SSSR count). The summed E-state index contributed by atoms with van der Waals surface area (Å²) in [6.07, 6.45) is 6.94. The van der Waals surface area contributed by atoms with E-state index < -0.39 is 0 Å². The highest BCUT2D eigenvalue weighted by atomic mass is 16.2. The van der Waals surface area contributed by atoms with Crippen LogP contribution in [-0.4, -0.2) is 72.5 Å². The molecule has 6 heteroatoms. The highest BCUT2D eigenvalue weighted by Gasteiger charge is 2.22. The van der Waals surface area contributed by atoms with Gasteiger partial charge in [0.25, 0.3) is 11.8 Å². The van der Waals surface area contributed by atoms with Crippen LogP contribution in [-0.2, 0) is 9.59 Å². The number of amides is 2. The molecule has 0 saturated heterocycles. The third-order valence-corrected chi connectivity index (χ3v) is 4.57. The SMILES string of the molecule is CC(C)NCCN(CCCCCCN1C(=O)C=CC1=O)CCNC(C)(C)C. The number of hydrogen-bond donors (Lipinski definition) is 2. The van der Waals surface area contributed by atoms with Crippen molar-refractivity contribution in [2.75, 3.05) is 39.3 Å². The Morgan fingerprint density at radius 2 is 1.52 bits per heavy atom. The quantitative estimate of drug-likeness (QED) is 0.357. The van der Waals surface area contributed by atoms with Gasteiger partial charge in [-0.2, -0.15) is 0 Å². The van der Waals surface area contributed by atoms with Crippen molar-refractivity contribution >= 4 is 11.8 Å². The third kappa shape index (κ3) is 11.3. The highest BCUT2D eigenvalue weighted by Crippen LogP contribution is 2.08. The Balaban J connectivity index is 2.20. The van der Waals surface area contributed by atoms with Gasteiger partial charge in [-0.3, -0.25) is 14.5 Å². The Bertz CT molecular complexity index is 465. The molecule has 1 aliphatic rings. The van der Waals surface area contributed by atoms with Gasteiger partial charge in [0, 0.05) is 56.5 Å². The molecule has 0 spiro atoms. The number of rotatable bonds is 14. The molecule has 2 N–H and O–H groups in total. The van der Waals surface area contributed by atoms with Crippen molar-refractivity contribution in [2.45, 2.75) is 71.9 Å². The van der Waals surface area contributed by atoms with E-state index in [1.807, 2.05) is 0 Å². The molecule has 0 aromatic rings. The minimum Gasteiger partial charge on any atom is -0.313 e. The fourth-order valence-electron chi connectivity index (χ4n) is 3.05. The number of hydrogen-bond acceptors (Lipinski definition) is 5. The summed E-state index contributed by atoms with van der Waals surface area (Å²) >= 11 is 0. The Morgan fingerprint density at radius 1 is 0.926 bits per heavy atom. The highest BCUT2D eigenvalue weighted by molar-refractivity contribution is 6.12. The Morgan fingerprint density at radius 3 is 2.11 bits per heavy atom. The lowest BCUT2D eigenvalue weighted by molar-refractivity contribution is -0.136. The molecule has 0 fully saturated rings. The van der Waals surface area contributed by atoms with Crippen LogP contribution in [0.1, 0.15) is 60.3 Å². The molecule has 0 radical (unpaired) electrons. The third-order valence-electron chi connectivity index (χ3n) is 4.57. The fraction of sp³-hybridized carbons (Fsp3) is 0.810. The molecule has 0 aromatic heterocycles. The molecule has 156 valence electrons. The van der Waals surface area contributed by atoms with Gasteiger partial charge in [-0.05, 0) is 40.2 Å². The topological polar surface area (TPSA) is 64.7 Å². The number of carbonyl (C=O) groups excluding carboxylic acids is 2. The maximum absolute atomic E-state index is 11.5. The first-order valence-electron chi connectivity index (χ1n) is 10.4. The molecule has 27 heavy (non-hydrogen) atoms. The van der Waals surface area contributed by atoms with E-state index in [4.69, 9.17) is 0 Å². The lowest BCUT2D eigenvalue weighted by atomic mass is 10.1. The molecule has 2 amide bonds. The molecular formula is C21H40N4O2. The van der Waals surface area contributed by atoms with E-state index in [1.165, 1.54) is 17.1 Å². The Kier molecular flexibility index (Phi) is 10.8. The van der Waals surface area contributed by atoms with Gasteiger partial charge in [0.15, 0.2) is 0 Å². The first kappa shape index (κ1) is 23.8. The molecule has 0 aromatic carbocycles. The normalized spacial score (nSPS) is 15.0. The number of nitrogens with zero attached hydrogens (tertiary/aromatic N) is 2. The van der Waals surface area contributed by atoms with E-state index in [9.17, 15) is 9.59 Å². The molecule has 6 nitrogen and oxygen atoms in total. The van der Waals surface area contributed by atoms with Crippen LogP contribution in [0.25, 0.3) is 0 Å². The van der Waals surface area contributed by atoms with Crippen molar-refractivity contribution in [1.82, 2.24) is 20.4 Å². The van der Waals surface area contributed by atoms with Crippen molar-refractivity contribution in [3.05, 3.63) is 12.2 Å². The average molecular weight is 381 g/mol. The summed E-state index contributed by atoms with van der Waals surface area (Å²) in [5, 5.41) is 7.06. The number of imide groups is 1. The molecule has 1 heterocycles. The number of unbranched alkanes of at least 4 members (excludes halogenated alkanes) is 3. The summed E-state index contributed by atoms with van der Waals surface area (Å²) in [6, 6.07) is 0.519. The fourth-order valence-corrected chi connectivity index (χ4v) is 3.05. The first-order valence-corrected chi connectivity index (χ1v) is 10.4. The van der Waals surface area contributed by atoms with Crippen LogP contribution in [0.5, 0.6) is 0 Å². The zero-order valence-electron chi connectivity index (χ0n) is 18.0. The van der Waals surface area contributed by atoms with E-state index in [2.05, 4.69) is 50.2 Å². The standard InChI is InChI=1S/C21H40N4O2/c1-18(2)22-12-16-24(17-13-23-21(3,4)5)14-8-6-7-9-15-25-19(26)10-11-20(25)27/h10-11,18,22-23H,6-9,12-17H2,1-5H3. The number of carbonyl (C=O) groups is 2. The van der Waals surface area contributed by atoms with Gasteiger partial charge in [0.1, 0.15) is 0 Å². The van der Waals surface area contributed by atoms with Crippen LogP contribution in [0.15, 0.2) is 12.2 Å². The molecule has 0 aliphatic carbocycles. The predicted molar refractivity (Wildman–Crippen MR) is 112 cm³/mol. The zero-order valence-corrected chi connectivity index (χ0v) is 18.0. The number of nitrogens with one attached hydrogen (secondary N) is 2. The van der Waals surface area contributed by atoms with Crippen LogP contribution >= 0.6 is 0 Å². The smallest absolute Gasteiger partial charge is 0.253 e. The summed E-state index contributed by atoms with van der Waals surface area (Å²) in [7, 11) is 0. The maximum Gasteiger partial charge on any atom is 0.253 e. The summed E-state index contributed by atoms with van der Waals surface area (Å²) in [4.78, 5) is 26.9. The molecular weight excluding hydrogens is 340 g/mol. The minimum absolute atomic E-state index is 0.154. The van der Waals surface area contributed by atoms with Crippen molar-refractivity contribution in [2.24, 2.45) is 0 Å². The zero-order chi connectivity index (χ0) is 20.3. The van der Waals surface area contributed by atoms with E-state index in [-0.39, 0.29) is 17.4 Å². The lowest BCUT2D eigenvalue weighted by Crippen LogP contribution is -2.43. The second kappa shape index (κ2) is 12.3. The van der Waals surface area contributed by atoms with Crippen LogP contribution in [0.2, 0.25) is 0 Å². The van der Waals surface area contributed by atoms with Gasteiger partial charge in [-0.25, -0.2) is 0 Å². The van der Waals surface area contributed by atoms with Gasteiger partial charge in [0.05, 0.1) is 0 Å². The van der Waals surface area contributed by atoms with Gasteiger partial charge < -0.3 is 15.5 Å². The summed E-state index contributed by atoms with van der Waals surface area (Å²) in [5.41, 5.74) is 0.154. The molecule has 0 unspecified atom stereocenters. The predicted octanol–water partition coefficient (Wildman–Crippen LogP) is 2.16. The van der Waals surface area contributed by atoms with E-state index >= 15 is 0 Å². The second-order valence-electron chi connectivity index (χ2n) is 8.70. The van der Waals surface area contributed by atoms with Crippen LogP contribution in [0.4, 0.5) is 0 Å². The molecule has 1 aliphatic heterocycles. The molecule has 0 saturated carbocycles. The van der Waals surface area contributed by atoms with Crippen LogP contribution in [0.3, 0.4) is 0 Å². The van der Waals surface area contributed by atoms with E-state index in [0.717, 1.165) is 58.4 Å². The van der Waals surface area contributed by atoms with Gasteiger partial charge >= 0.3 is 0 Å². The average Bonchev–Trinajstić information content (AvgIpc) is 2.87. The summed E-state index contributed by atoms with van der Waals surface area (Å²) in [6.45, 7) is 16.7.